The molecular weight excluding hydrogens is 290 g/mol. The minimum absolute atomic E-state index is 0.133. The molecule has 1 heterocycles. The molecule has 0 spiro atoms. The third-order valence-electron chi connectivity index (χ3n) is 3.86. The molecule has 1 aliphatic heterocycles. The van der Waals surface area contributed by atoms with Gasteiger partial charge in [0, 0.05) is 30.2 Å². The molecule has 5 nitrogen and oxygen atoms in total. The second kappa shape index (κ2) is 7.61. The van der Waals surface area contributed by atoms with E-state index in [1.54, 1.807) is 12.1 Å². The number of anilines is 1. The number of nitro groups is 1. The Hall–Kier alpha value is -1.33. The molecule has 1 aromatic rings. The van der Waals surface area contributed by atoms with E-state index in [0.29, 0.717) is 16.8 Å². The zero-order valence-electron chi connectivity index (χ0n) is 12.3. The molecule has 0 bridgehead atoms. The van der Waals surface area contributed by atoms with Crippen molar-refractivity contribution in [2.24, 2.45) is 0 Å². The highest BCUT2D eigenvalue weighted by Crippen LogP contribution is 2.32. The van der Waals surface area contributed by atoms with Gasteiger partial charge in [-0.25, -0.2) is 0 Å². The van der Waals surface area contributed by atoms with E-state index in [0.717, 1.165) is 38.9 Å². The van der Waals surface area contributed by atoms with Crippen LogP contribution in [0, 0.1) is 10.1 Å². The summed E-state index contributed by atoms with van der Waals surface area (Å²) in [4.78, 5) is 13.0. The van der Waals surface area contributed by atoms with Crippen molar-refractivity contribution < 1.29 is 4.92 Å². The van der Waals surface area contributed by atoms with Crippen LogP contribution in [0.5, 0.6) is 0 Å². The third kappa shape index (κ3) is 4.32. The summed E-state index contributed by atoms with van der Waals surface area (Å²) in [6.45, 7) is 4.76. The summed E-state index contributed by atoms with van der Waals surface area (Å²) >= 11 is 6.05. The molecule has 0 amide bonds. The van der Waals surface area contributed by atoms with Crippen molar-refractivity contribution in [1.29, 1.82) is 0 Å². The Morgan fingerprint density at radius 2 is 2.33 bits per heavy atom. The second-order valence-corrected chi connectivity index (χ2v) is 5.92. The summed E-state index contributed by atoms with van der Waals surface area (Å²) < 4.78 is 0. The third-order valence-corrected chi connectivity index (χ3v) is 4.09. The molecule has 1 fully saturated rings. The fourth-order valence-electron chi connectivity index (χ4n) is 2.74. The van der Waals surface area contributed by atoms with E-state index in [4.69, 9.17) is 11.6 Å². The molecule has 1 N–H and O–H groups in total. The van der Waals surface area contributed by atoms with Gasteiger partial charge in [-0.1, -0.05) is 24.9 Å². The van der Waals surface area contributed by atoms with E-state index in [2.05, 4.69) is 17.1 Å². The molecule has 0 aliphatic carbocycles. The number of unbranched alkanes of at least 4 members (excludes halogenated alkanes) is 1. The monoisotopic (exact) mass is 311 g/mol. The van der Waals surface area contributed by atoms with E-state index < -0.39 is 0 Å². The summed E-state index contributed by atoms with van der Waals surface area (Å²) in [6.07, 6.45) is 4.36. The first-order valence-electron chi connectivity index (χ1n) is 7.54. The quantitative estimate of drug-likeness (QED) is 0.617. The maximum atomic E-state index is 11.3. The van der Waals surface area contributed by atoms with Gasteiger partial charge in [-0.15, -0.1) is 0 Å². The zero-order chi connectivity index (χ0) is 15.2. The van der Waals surface area contributed by atoms with Crippen molar-refractivity contribution in [1.82, 2.24) is 5.32 Å². The molecule has 0 radical (unpaired) electrons. The molecule has 1 aliphatic rings. The van der Waals surface area contributed by atoms with Crippen LogP contribution in [0.3, 0.4) is 0 Å². The Bertz CT molecular complexity index is 490. The van der Waals surface area contributed by atoms with Crippen LogP contribution >= 0.6 is 11.6 Å². The molecule has 21 heavy (non-hydrogen) atoms. The van der Waals surface area contributed by atoms with Gasteiger partial charge < -0.3 is 10.2 Å². The van der Waals surface area contributed by atoms with E-state index in [1.165, 1.54) is 12.5 Å². The zero-order valence-corrected chi connectivity index (χ0v) is 13.1. The minimum atomic E-state index is -0.327. The fourth-order valence-corrected chi connectivity index (χ4v) is 2.91. The SMILES string of the molecule is CCCCN(CC1CCCN1)c1cc(Cl)ccc1[N+](=O)[O-]. The highest BCUT2D eigenvalue weighted by atomic mass is 35.5. The lowest BCUT2D eigenvalue weighted by Crippen LogP contribution is -2.38. The Balaban J connectivity index is 2.25. The average molecular weight is 312 g/mol. The van der Waals surface area contributed by atoms with Gasteiger partial charge in [-0.05, 0) is 37.9 Å². The number of nitro benzene ring substituents is 1. The highest BCUT2D eigenvalue weighted by Gasteiger charge is 2.23. The van der Waals surface area contributed by atoms with Crippen molar-refractivity contribution in [3.05, 3.63) is 33.3 Å². The van der Waals surface area contributed by atoms with Gasteiger partial charge in [-0.2, -0.15) is 0 Å². The van der Waals surface area contributed by atoms with Gasteiger partial charge in [-0.3, -0.25) is 10.1 Å². The molecule has 0 saturated carbocycles. The van der Waals surface area contributed by atoms with Crippen molar-refractivity contribution in [2.45, 2.75) is 38.6 Å². The summed E-state index contributed by atoms with van der Waals surface area (Å²) in [6, 6.07) is 5.19. The molecule has 1 unspecified atom stereocenters. The van der Waals surface area contributed by atoms with Crippen molar-refractivity contribution >= 4 is 23.0 Å². The second-order valence-electron chi connectivity index (χ2n) is 5.48. The van der Waals surface area contributed by atoms with Crippen LogP contribution in [0.1, 0.15) is 32.6 Å². The van der Waals surface area contributed by atoms with Gasteiger partial charge in [0.15, 0.2) is 0 Å². The average Bonchev–Trinajstić information content (AvgIpc) is 2.96. The predicted octanol–water partition coefficient (Wildman–Crippen LogP) is 3.61. The number of rotatable bonds is 7. The first-order valence-corrected chi connectivity index (χ1v) is 7.92. The predicted molar refractivity (Wildman–Crippen MR) is 86.3 cm³/mol. The van der Waals surface area contributed by atoms with Crippen LogP contribution < -0.4 is 10.2 Å². The number of hydrogen-bond donors (Lipinski definition) is 1. The van der Waals surface area contributed by atoms with Crippen molar-refractivity contribution in [2.75, 3.05) is 24.5 Å². The molecule has 2 rings (SSSR count). The summed E-state index contributed by atoms with van der Waals surface area (Å²) in [5, 5.41) is 15.3. The van der Waals surface area contributed by atoms with Crippen LogP contribution in [0.2, 0.25) is 5.02 Å². The number of nitrogens with one attached hydrogen (secondary N) is 1. The largest absolute Gasteiger partial charge is 0.364 e. The van der Waals surface area contributed by atoms with Gasteiger partial charge in [0.05, 0.1) is 4.92 Å². The van der Waals surface area contributed by atoms with E-state index in [9.17, 15) is 10.1 Å². The summed E-state index contributed by atoms with van der Waals surface area (Å²) in [5.41, 5.74) is 0.767. The van der Waals surface area contributed by atoms with E-state index >= 15 is 0 Å². The number of halogens is 1. The van der Waals surface area contributed by atoms with Crippen molar-refractivity contribution in [3.8, 4) is 0 Å². The minimum Gasteiger partial charge on any atom is -0.364 e. The van der Waals surface area contributed by atoms with Gasteiger partial charge >= 0.3 is 0 Å². The summed E-state index contributed by atoms with van der Waals surface area (Å²) in [5.74, 6) is 0. The molecule has 6 heteroatoms. The van der Waals surface area contributed by atoms with Crippen LogP contribution in [0.25, 0.3) is 0 Å². The van der Waals surface area contributed by atoms with E-state index in [1.807, 2.05) is 0 Å². The molecule has 116 valence electrons. The Kier molecular flexibility index (Phi) is 5.82. The highest BCUT2D eigenvalue weighted by molar-refractivity contribution is 6.31. The van der Waals surface area contributed by atoms with Crippen LogP contribution in [0.15, 0.2) is 18.2 Å². The van der Waals surface area contributed by atoms with Crippen LogP contribution in [0.4, 0.5) is 11.4 Å². The first-order chi connectivity index (χ1) is 10.1. The van der Waals surface area contributed by atoms with Gasteiger partial charge in [0.25, 0.3) is 5.69 Å². The maximum Gasteiger partial charge on any atom is 0.292 e. The molecular formula is C15H22ClN3O2. The molecule has 1 aromatic carbocycles. The molecule has 1 saturated heterocycles. The van der Waals surface area contributed by atoms with Crippen molar-refractivity contribution in [3.63, 3.8) is 0 Å². The van der Waals surface area contributed by atoms with Gasteiger partial charge in [0.2, 0.25) is 0 Å². The van der Waals surface area contributed by atoms with Crippen LogP contribution in [-0.4, -0.2) is 30.6 Å². The summed E-state index contributed by atoms with van der Waals surface area (Å²) in [7, 11) is 0. The van der Waals surface area contributed by atoms with Gasteiger partial charge in [0.1, 0.15) is 5.69 Å². The number of hydrogen-bond acceptors (Lipinski definition) is 4. The first kappa shape index (κ1) is 16.0. The molecule has 0 aromatic heterocycles. The smallest absolute Gasteiger partial charge is 0.292 e. The lowest BCUT2D eigenvalue weighted by molar-refractivity contribution is -0.384. The Morgan fingerprint density at radius 1 is 1.52 bits per heavy atom. The normalized spacial score (nSPS) is 17.9. The fraction of sp³-hybridized carbons (Fsp3) is 0.600. The Morgan fingerprint density at radius 3 is 2.95 bits per heavy atom. The molecule has 1 atom stereocenters. The number of benzene rings is 1. The number of nitrogens with zero attached hydrogens (tertiary/aromatic N) is 2. The topological polar surface area (TPSA) is 58.4 Å². The van der Waals surface area contributed by atoms with Crippen LogP contribution in [-0.2, 0) is 0 Å². The Labute approximate surface area is 130 Å². The standard InChI is InChI=1S/C15H22ClN3O2/c1-2-3-9-18(11-13-5-4-8-17-13)15-10-12(16)6-7-14(15)19(20)21/h6-7,10,13,17H,2-5,8-9,11H2,1H3. The lowest BCUT2D eigenvalue weighted by atomic mass is 10.1. The van der Waals surface area contributed by atoms with E-state index in [-0.39, 0.29) is 10.6 Å². The lowest BCUT2D eigenvalue weighted by Gasteiger charge is -2.27. The maximum absolute atomic E-state index is 11.3.